The van der Waals surface area contributed by atoms with E-state index in [1.54, 1.807) is 43.4 Å². The first-order valence-electron chi connectivity index (χ1n) is 11.1. The fourth-order valence-electron chi connectivity index (χ4n) is 4.25. The molecule has 0 saturated heterocycles. The van der Waals surface area contributed by atoms with Gasteiger partial charge in [-0.25, -0.2) is 9.97 Å². The Bertz CT molecular complexity index is 1310. The molecule has 1 aliphatic heterocycles. The van der Waals surface area contributed by atoms with Crippen molar-refractivity contribution in [2.45, 2.75) is 29.3 Å². The number of nitrogens with zero attached hydrogens (tertiary/aromatic N) is 4. The van der Waals surface area contributed by atoms with Crippen molar-refractivity contribution in [3.63, 3.8) is 0 Å². The first-order valence-corrected chi connectivity index (χ1v) is 12.0. The van der Waals surface area contributed by atoms with E-state index in [9.17, 15) is 13.2 Å². The van der Waals surface area contributed by atoms with Gasteiger partial charge in [-0.3, -0.25) is 4.57 Å². The first-order chi connectivity index (χ1) is 16.9. The smallest absolute Gasteiger partial charge is 0.416 e. The van der Waals surface area contributed by atoms with Gasteiger partial charge in [0.15, 0.2) is 0 Å². The summed E-state index contributed by atoms with van der Waals surface area (Å²) in [6.07, 6.45) is 1.65. The summed E-state index contributed by atoms with van der Waals surface area (Å²) in [6.45, 7) is 1.27. The van der Waals surface area contributed by atoms with Crippen LogP contribution in [0, 0.1) is 0 Å². The normalized spacial score (nSPS) is 16.0. The molecule has 1 atom stereocenters. The fraction of sp³-hybridized carbons (Fsp3) is 0.231. The summed E-state index contributed by atoms with van der Waals surface area (Å²) in [5, 5.41) is -0.127. The summed E-state index contributed by atoms with van der Waals surface area (Å²) in [7, 11) is 1.61. The number of thioether (sulfide) groups is 1. The van der Waals surface area contributed by atoms with E-state index in [1.165, 1.54) is 12.1 Å². The minimum atomic E-state index is -4.37. The number of fused-ring (bicyclic) bond motifs is 1. The Balaban J connectivity index is 1.48. The Labute approximate surface area is 205 Å². The van der Waals surface area contributed by atoms with Gasteiger partial charge >= 0.3 is 6.18 Å². The summed E-state index contributed by atoms with van der Waals surface area (Å²) in [6, 6.07) is 17.3. The minimum absolute atomic E-state index is 0.127. The molecule has 0 fully saturated rings. The molecule has 0 saturated carbocycles. The molecule has 0 bridgehead atoms. The van der Waals surface area contributed by atoms with Crippen LogP contribution in [0.4, 0.5) is 18.9 Å². The standard InChI is InChI=1S/C26H23F3N4OS/c1-34-21-8-9-22-24(16-21)35-23(18-5-2-6-19(15-18)26(27,28)29)10-14-32(22)17-20-7-3-13-33(20)25-30-11-4-12-31-25/h2-9,11-13,15-16,23H,10,14,17H2,1H3. The maximum atomic E-state index is 13.4. The third kappa shape index (κ3) is 5.00. The lowest BCUT2D eigenvalue weighted by Crippen LogP contribution is -2.25. The largest absolute Gasteiger partial charge is 0.497 e. The highest BCUT2D eigenvalue weighted by molar-refractivity contribution is 7.99. The zero-order valence-corrected chi connectivity index (χ0v) is 19.8. The van der Waals surface area contributed by atoms with Crippen LogP contribution >= 0.6 is 11.8 Å². The zero-order chi connectivity index (χ0) is 24.4. The van der Waals surface area contributed by atoms with Crippen LogP contribution in [0.1, 0.15) is 28.5 Å². The highest BCUT2D eigenvalue weighted by Crippen LogP contribution is 2.47. The Kier molecular flexibility index (Phi) is 6.42. The number of benzene rings is 2. The van der Waals surface area contributed by atoms with Crippen LogP contribution in [0.25, 0.3) is 5.95 Å². The van der Waals surface area contributed by atoms with Gasteiger partial charge in [-0.15, -0.1) is 11.8 Å². The Morgan fingerprint density at radius 3 is 2.63 bits per heavy atom. The lowest BCUT2D eigenvalue weighted by atomic mass is 10.1. The summed E-state index contributed by atoms with van der Waals surface area (Å²) in [5.74, 6) is 1.30. The third-order valence-corrected chi connectivity index (χ3v) is 7.35. The highest BCUT2D eigenvalue weighted by Gasteiger charge is 2.32. The molecule has 0 N–H and O–H groups in total. The molecule has 35 heavy (non-hydrogen) atoms. The second-order valence-corrected chi connectivity index (χ2v) is 9.44. The lowest BCUT2D eigenvalue weighted by Gasteiger charge is -2.25. The molecule has 5 nitrogen and oxygen atoms in total. The quantitative estimate of drug-likeness (QED) is 0.314. The molecule has 180 valence electrons. The highest BCUT2D eigenvalue weighted by atomic mass is 32.2. The predicted octanol–water partition coefficient (Wildman–Crippen LogP) is 6.54. The third-order valence-electron chi connectivity index (χ3n) is 5.98. The number of halogens is 3. The van der Waals surface area contributed by atoms with Crippen LogP contribution in [0.5, 0.6) is 5.75 Å². The Hall–Kier alpha value is -3.46. The number of rotatable bonds is 5. The van der Waals surface area contributed by atoms with Crippen molar-refractivity contribution in [3.8, 4) is 11.7 Å². The number of ether oxygens (including phenoxy) is 1. The molecular weight excluding hydrogens is 473 g/mol. The SMILES string of the molecule is COc1ccc2c(c1)SC(c1cccc(C(F)(F)F)c1)CCN2Cc1cccn1-c1ncccn1. The topological polar surface area (TPSA) is 43.2 Å². The van der Waals surface area contributed by atoms with Crippen molar-refractivity contribution in [2.75, 3.05) is 18.6 Å². The number of hydrogen-bond donors (Lipinski definition) is 0. The Morgan fingerprint density at radius 2 is 1.86 bits per heavy atom. The van der Waals surface area contributed by atoms with Gasteiger partial charge in [0.2, 0.25) is 5.95 Å². The molecular formula is C26H23F3N4OS. The van der Waals surface area contributed by atoms with Crippen molar-refractivity contribution in [1.82, 2.24) is 14.5 Å². The second kappa shape index (κ2) is 9.65. The van der Waals surface area contributed by atoms with Crippen LogP contribution in [-0.4, -0.2) is 28.2 Å². The molecule has 4 aromatic rings. The van der Waals surface area contributed by atoms with E-state index in [1.807, 2.05) is 41.1 Å². The summed E-state index contributed by atoms with van der Waals surface area (Å²) < 4.78 is 47.5. The molecule has 2 aromatic heterocycles. The van der Waals surface area contributed by atoms with Gasteiger partial charge in [-0.1, -0.05) is 18.2 Å². The molecule has 9 heteroatoms. The van der Waals surface area contributed by atoms with Gasteiger partial charge in [0.25, 0.3) is 0 Å². The summed E-state index contributed by atoms with van der Waals surface area (Å²) in [5.41, 5.74) is 2.08. The van der Waals surface area contributed by atoms with Crippen LogP contribution < -0.4 is 9.64 Å². The van der Waals surface area contributed by atoms with Gasteiger partial charge in [-0.05, 0) is 54.4 Å². The molecule has 0 aliphatic carbocycles. The molecule has 3 heterocycles. The monoisotopic (exact) mass is 496 g/mol. The molecule has 1 unspecified atom stereocenters. The average molecular weight is 497 g/mol. The van der Waals surface area contributed by atoms with E-state index < -0.39 is 11.7 Å². The Morgan fingerprint density at radius 1 is 1.03 bits per heavy atom. The fourth-order valence-corrected chi connectivity index (χ4v) is 5.56. The number of anilines is 1. The number of aromatic nitrogens is 3. The van der Waals surface area contributed by atoms with Gasteiger partial charge < -0.3 is 9.64 Å². The first kappa shape index (κ1) is 23.3. The van der Waals surface area contributed by atoms with Gasteiger partial charge in [-0.2, -0.15) is 13.2 Å². The summed E-state index contributed by atoms with van der Waals surface area (Å²) in [4.78, 5) is 11.9. The number of methoxy groups -OCH3 is 1. The van der Waals surface area contributed by atoms with E-state index in [4.69, 9.17) is 4.74 Å². The van der Waals surface area contributed by atoms with Crippen LogP contribution in [0.2, 0.25) is 0 Å². The molecule has 0 amide bonds. The molecule has 1 aliphatic rings. The molecule has 2 aromatic carbocycles. The predicted molar refractivity (Wildman–Crippen MR) is 130 cm³/mol. The maximum Gasteiger partial charge on any atom is 0.416 e. The second-order valence-electron chi connectivity index (χ2n) is 8.19. The van der Waals surface area contributed by atoms with Crippen LogP contribution in [0.3, 0.4) is 0 Å². The van der Waals surface area contributed by atoms with Crippen molar-refractivity contribution in [1.29, 1.82) is 0 Å². The van der Waals surface area contributed by atoms with E-state index in [0.29, 0.717) is 36.8 Å². The summed E-state index contributed by atoms with van der Waals surface area (Å²) >= 11 is 1.58. The van der Waals surface area contributed by atoms with Crippen LogP contribution in [0.15, 0.2) is 84.1 Å². The minimum Gasteiger partial charge on any atom is -0.497 e. The lowest BCUT2D eigenvalue weighted by molar-refractivity contribution is -0.137. The molecule has 0 spiro atoms. The van der Waals surface area contributed by atoms with Crippen molar-refractivity contribution in [2.24, 2.45) is 0 Å². The van der Waals surface area contributed by atoms with E-state index in [2.05, 4.69) is 14.9 Å². The van der Waals surface area contributed by atoms with Crippen molar-refractivity contribution in [3.05, 3.63) is 96.1 Å². The number of hydrogen-bond acceptors (Lipinski definition) is 5. The molecule has 0 radical (unpaired) electrons. The van der Waals surface area contributed by atoms with Gasteiger partial charge in [0.05, 0.1) is 24.9 Å². The van der Waals surface area contributed by atoms with Gasteiger partial charge in [0, 0.05) is 41.0 Å². The van der Waals surface area contributed by atoms with E-state index in [0.717, 1.165) is 22.3 Å². The van der Waals surface area contributed by atoms with E-state index in [-0.39, 0.29) is 5.25 Å². The zero-order valence-electron chi connectivity index (χ0n) is 18.9. The van der Waals surface area contributed by atoms with Crippen molar-refractivity contribution < 1.29 is 17.9 Å². The van der Waals surface area contributed by atoms with E-state index >= 15 is 0 Å². The average Bonchev–Trinajstić information content (AvgIpc) is 3.26. The van der Waals surface area contributed by atoms with Crippen molar-refractivity contribution >= 4 is 17.4 Å². The van der Waals surface area contributed by atoms with Crippen LogP contribution in [-0.2, 0) is 12.7 Å². The maximum absolute atomic E-state index is 13.4. The van der Waals surface area contributed by atoms with Gasteiger partial charge in [0.1, 0.15) is 5.75 Å². The number of alkyl halides is 3. The molecule has 5 rings (SSSR count).